The molecule has 0 radical (unpaired) electrons. The second-order valence-electron chi connectivity index (χ2n) is 10.8. The minimum Gasteiger partial charge on any atom is -0.381 e. The van der Waals surface area contributed by atoms with Crippen molar-refractivity contribution in [2.24, 2.45) is 5.92 Å². The molecule has 3 aromatic heterocycles. The van der Waals surface area contributed by atoms with Gasteiger partial charge in [-0.15, -0.1) is 0 Å². The van der Waals surface area contributed by atoms with Crippen LogP contribution >= 0.6 is 0 Å². The van der Waals surface area contributed by atoms with Crippen LogP contribution in [0, 0.1) is 5.92 Å². The van der Waals surface area contributed by atoms with E-state index in [9.17, 15) is 4.79 Å². The maximum absolute atomic E-state index is 13.0. The number of aromatic nitrogens is 6. The number of rotatable bonds is 5. The van der Waals surface area contributed by atoms with E-state index in [1.165, 1.54) is 5.56 Å². The molecule has 38 heavy (non-hydrogen) atoms. The number of benzene rings is 1. The van der Waals surface area contributed by atoms with Crippen molar-refractivity contribution in [2.75, 3.05) is 26.3 Å². The lowest BCUT2D eigenvalue weighted by Crippen LogP contribution is -2.23. The summed E-state index contributed by atoms with van der Waals surface area (Å²) in [6.45, 7) is 6.08. The number of nitrogens with one attached hydrogen (secondary N) is 1. The number of nitrogens with zero attached hydrogens (tertiary/aromatic N) is 6. The van der Waals surface area contributed by atoms with Crippen molar-refractivity contribution in [3.8, 4) is 0 Å². The molecule has 9 heteroatoms. The quantitative estimate of drug-likeness (QED) is 0.436. The summed E-state index contributed by atoms with van der Waals surface area (Å²) in [6.07, 6.45) is 13.8. The zero-order valence-electron chi connectivity index (χ0n) is 21.5. The third kappa shape index (κ3) is 4.25. The van der Waals surface area contributed by atoms with Crippen LogP contribution in [0.25, 0.3) is 22.1 Å². The molecule has 1 aromatic carbocycles. The van der Waals surface area contributed by atoms with E-state index in [2.05, 4.69) is 64.4 Å². The fourth-order valence-electron chi connectivity index (χ4n) is 6.11. The summed E-state index contributed by atoms with van der Waals surface area (Å²) >= 11 is 0. The Morgan fingerprint density at radius 1 is 1.05 bits per heavy atom. The Morgan fingerprint density at radius 3 is 2.74 bits per heavy atom. The Balaban J connectivity index is 1.10. The standard InChI is InChI=1S/C29H31N7O2/c1-18-15-35(16-21-13-30-26-12-20(6-7-25(26)32-21)19-4-2-3-5-19)17-24(18)27-33-28-23(29(37)34-27)14-31-36(28)22-8-10-38-11-9-22/h2-7,12-14,18-19,22,24H,8-11,15-17H2,1H3,(H,33,34,37)/t18-,24-/m1/s1. The molecule has 2 saturated heterocycles. The first kappa shape index (κ1) is 23.4. The molecule has 0 unspecified atom stereocenters. The van der Waals surface area contributed by atoms with E-state index in [1.54, 1.807) is 6.20 Å². The Labute approximate surface area is 220 Å². The van der Waals surface area contributed by atoms with Crippen LogP contribution in [0.1, 0.15) is 54.7 Å². The zero-order valence-corrected chi connectivity index (χ0v) is 21.5. The van der Waals surface area contributed by atoms with E-state index in [0.717, 1.165) is 48.5 Å². The first-order valence-electron chi connectivity index (χ1n) is 13.5. The van der Waals surface area contributed by atoms with Crippen LogP contribution in [-0.4, -0.2) is 60.9 Å². The third-order valence-corrected chi connectivity index (χ3v) is 8.19. The Kier molecular flexibility index (Phi) is 5.89. The second kappa shape index (κ2) is 9.56. The van der Waals surface area contributed by atoms with Gasteiger partial charge in [-0.1, -0.05) is 37.3 Å². The fraction of sp³-hybridized carbons (Fsp3) is 0.414. The molecule has 2 atom stereocenters. The van der Waals surface area contributed by atoms with Gasteiger partial charge in [0.25, 0.3) is 5.56 Å². The van der Waals surface area contributed by atoms with Crippen molar-refractivity contribution in [3.05, 3.63) is 82.3 Å². The molecular formula is C29H31N7O2. The molecule has 3 aliphatic rings. The molecule has 0 amide bonds. The topological polar surface area (TPSA) is 102 Å². The van der Waals surface area contributed by atoms with Crippen LogP contribution in [0.5, 0.6) is 0 Å². The van der Waals surface area contributed by atoms with Gasteiger partial charge in [0.15, 0.2) is 5.65 Å². The molecule has 1 aliphatic carbocycles. The van der Waals surface area contributed by atoms with Crippen molar-refractivity contribution in [2.45, 2.75) is 44.2 Å². The summed E-state index contributed by atoms with van der Waals surface area (Å²) in [5.74, 6) is 1.55. The number of fused-ring (bicyclic) bond motifs is 2. The molecule has 9 nitrogen and oxygen atoms in total. The predicted molar refractivity (Wildman–Crippen MR) is 145 cm³/mol. The average molecular weight is 510 g/mol. The van der Waals surface area contributed by atoms with Gasteiger partial charge in [-0.25, -0.2) is 14.6 Å². The fourth-order valence-corrected chi connectivity index (χ4v) is 6.11. The normalized spacial score (nSPS) is 22.9. The summed E-state index contributed by atoms with van der Waals surface area (Å²) in [5, 5.41) is 5.09. The van der Waals surface area contributed by atoms with E-state index in [4.69, 9.17) is 19.7 Å². The smallest absolute Gasteiger partial charge is 0.262 e. The van der Waals surface area contributed by atoms with Gasteiger partial charge < -0.3 is 9.72 Å². The number of hydrogen-bond donors (Lipinski definition) is 1. The predicted octanol–water partition coefficient (Wildman–Crippen LogP) is 3.86. The lowest BCUT2D eigenvalue weighted by atomic mass is 9.97. The van der Waals surface area contributed by atoms with Gasteiger partial charge in [0, 0.05) is 44.7 Å². The first-order valence-corrected chi connectivity index (χ1v) is 13.5. The van der Waals surface area contributed by atoms with Crippen LogP contribution in [0.4, 0.5) is 0 Å². The van der Waals surface area contributed by atoms with Crippen molar-refractivity contribution in [1.29, 1.82) is 0 Å². The molecule has 2 aliphatic heterocycles. The number of allylic oxidation sites excluding steroid dienone is 4. The monoisotopic (exact) mass is 509 g/mol. The minimum absolute atomic E-state index is 0.114. The summed E-state index contributed by atoms with van der Waals surface area (Å²) in [5.41, 5.74) is 4.59. The van der Waals surface area contributed by atoms with E-state index in [-0.39, 0.29) is 17.5 Å². The van der Waals surface area contributed by atoms with Gasteiger partial charge in [-0.05, 0) is 36.5 Å². The molecule has 0 spiro atoms. The van der Waals surface area contributed by atoms with Crippen LogP contribution in [0.2, 0.25) is 0 Å². The maximum atomic E-state index is 13.0. The van der Waals surface area contributed by atoms with Crippen LogP contribution in [-0.2, 0) is 11.3 Å². The maximum Gasteiger partial charge on any atom is 0.262 e. The van der Waals surface area contributed by atoms with Crippen molar-refractivity contribution < 1.29 is 4.74 Å². The highest BCUT2D eigenvalue weighted by atomic mass is 16.5. The number of aromatic amines is 1. The first-order chi connectivity index (χ1) is 18.6. The van der Waals surface area contributed by atoms with Gasteiger partial charge in [-0.3, -0.25) is 14.7 Å². The third-order valence-electron chi connectivity index (χ3n) is 8.19. The second-order valence-corrected chi connectivity index (χ2v) is 10.8. The van der Waals surface area contributed by atoms with Crippen LogP contribution in [0.3, 0.4) is 0 Å². The molecule has 5 heterocycles. The van der Waals surface area contributed by atoms with E-state index in [1.807, 2.05) is 10.9 Å². The minimum atomic E-state index is -0.114. The zero-order chi connectivity index (χ0) is 25.6. The Morgan fingerprint density at radius 2 is 1.89 bits per heavy atom. The lowest BCUT2D eigenvalue weighted by Gasteiger charge is -2.23. The highest BCUT2D eigenvalue weighted by Gasteiger charge is 2.33. The molecule has 0 bridgehead atoms. The molecule has 0 saturated carbocycles. The van der Waals surface area contributed by atoms with E-state index in [0.29, 0.717) is 42.6 Å². The summed E-state index contributed by atoms with van der Waals surface area (Å²) in [4.78, 5) is 33.0. The van der Waals surface area contributed by atoms with Gasteiger partial charge in [-0.2, -0.15) is 5.10 Å². The van der Waals surface area contributed by atoms with Gasteiger partial charge in [0.05, 0.1) is 35.2 Å². The number of hydrogen-bond acceptors (Lipinski definition) is 7. The SMILES string of the molecule is C[C@@H]1CN(Cc2cnc3cc(C4C=CC=C4)ccc3n2)C[C@H]1c1nc2c(cnn2C2CCOCC2)c(=O)[nH]1. The lowest BCUT2D eigenvalue weighted by molar-refractivity contribution is 0.0673. The van der Waals surface area contributed by atoms with Crippen LogP contribution in [0.15, 0.2) is 59.7 Å². The molecule has 194 valence electrons. The molecular weight excluding hydrogens is 478 g/mol. The van der Waals surface area contributed by atoms with Crippen molar-refractivity contribution >= 4 is 22.1 Å². The van der Waals surface area contributed by atoms with Crippen LogP contribution < -0.4 is 5.56 Å². The average Bonchev–Trinajstić information content (AvgIpc) is 3.69. The van der Waals surface area contributed by atoms with Gasteiger partial charge >= 0.3 is 0 Å². The van der Waals surface area contributed by atoms with Gasteiger partial charge in [0.1, 0.15) is 11.2 Å². The van der Waals surface area contributed by atoms with E-state index < -0.39 is 0 Å². The number of likely N-dealkylation sites (tertiary alicyclic amines) is 1. The molecule has 2 fully saturated rings. The van der Waals surface area contributed by atoms with Crippen molar-refractivity contribution in [3.63, 3.8) is 0 Å². The van der Waals surface area contributed by atoms with Crippen molar-refractivity contribution in [1.82, 2.24) is 34.6 Å². The number of ether oxygens (including phenoxy) is 1. The largest absolute Gasteiger partial charge is 0.381 e. The number of H-pyrrole nitrogens is 1. The molecule has 4 aromatic rings. The van der Waals surface area contributed by atoms with E-state index >= 15 is 0 Å². The molecule has 1 N–H and O–H groups in total. The Hall–Kier alpha value is -3.69. The summed E-state index contributed by atoms with van der Waals surface area (Å²) < 4.78 is 7.45. The summed E-state index contributed by atoms with van der Waals surface area (Å²) in [7, 11) is 0. The highest BCUT2D eigenvalue weighted by Crippen LogP contribution is 2.32. The van der Waals surface area contributed by atoms with Gasteiger partial charge in [0.2, 0.25) is 0 Å². The molecule has 7 rings (SSSR count). The Bertz CT molecular complexity index is 1600. The highest BCUT2D eigenvalue weighted by molar-refractivity contribution is 5.75. The summed E-state index contributed by atoms with van der Waals surface area (Å²) in [6, 6.07) is 6.56.